The molecule has 0 radical (unpaired) electrons. The molecular weight excluding hydrogens is 351 g/mol. The maximum absolute atomic E-state index is 13.6. The van der Waals surface area contributed by atoms with Gasteiger partial charge in [0, 0.05) is 27.4 Å². The third kappa shape index (κ3) is 3.35. The van der Waals surface area contributed by atoms with Gasteiger partial charge < -0.3 is 5.32 Å². The van der Waals surface area contributed by atoms with Gasteiger partial charge in [-0.15, -0.1) is 11.3 Å². The number of nitrogens with zero attached hydrogens (tertiary/aromatic N) is 1. The number of likely N-dealkylation sites (N-methyl/N-ethyl adjacent to an activating group) is 1. The Morgan fingerprint density at radius 2 is 2.29 bits per heavy atom. The number of aromatic nitrogens is 1. The Kier molecular flexibility index (Phi) is 4.72. The first-order chi connectivity index (χ1) is 10.2. The van der Waals surface area contributed by atoms with Gasteiger partial charge in [0.2, 0.25) is 0 Å². The van der Waals surface area contributed by atoms with Crippen LogP contribution in [-0.2, 0) is 6.42 Å². The normalized spacial score (nSPS) is 17.8. The van der Waals surface area contributed by atoms with Gasteiger partial charge >= 0.3 is 0 Å². The first-order valence-corrected chi connectivity index (χ1v) is 8.95. The average Bonchev–Trinajstić information content (AvgIpc) is 2.88. The predicted octanol–water partition coefficient (Wildman–Crippen LogP) is 4.74. The summed E-state index contributed by atoms with van der Waals surface area (Å²) in [6.07, 6.45) is 3.51. The third-order valence-corrected chi connectivity index (χ3v) is 5.46. The van der Waals surface area contributed by atoms with Crippen molar-refractivity contribution in [2.45, 2.75) is 32.1 Å². The zero-order valence-corrected chi connectivity index (χ0v) is 14.4. The molecule has 0 fully saturated rings. The topological polar surface area (TPSA) is 24.9 Å². The summed E-state index contributed by atoms with van der Waals surface area (Å²) in [4.78, 5) is 6.20. The lowest BCUT2D eigenvalue weighted by molar-refractivity contribution is 0.509. The fourth-order valence-corrected chi connectivity index (χ4v) is 4.47. The van der Waals surface area contributed by atoms with Crippen molar-refractivity contribution in [3.8, 4) is 10.6 Å². The summed E-state index contributed by atoms with van der Waals surface area (Å²) in [5, 5.41) is 4.36. The van der Waals surface area contributed by atoms with Gasteiger partial charge in [0.15, 0.2) is 0 Å². The molecule has 0 saturated heterocycles. The van der Waals surface area contributed by atoms with Crippen LogP contribution in [0.5, 0.6) is 0 Å². The van der Waals surface area contributed by atoms with E-state index in [0.717, 1.165) is 34.6 Å². The molecule has 1 unspecified atom stereocenters. The maximum atomic E-state index is 13.6. The van der Waals surface area contributed by atoms with Gasteiger partial charge in [0.25, 0.3) is 0 Å². The van der Waals surface area contributed by atoms with Crippen LogP contribution in [-0.4, -0.2) is 18.1 Å². The van der Waals surface area contributed by atoms with Gasteiger partial charge in [-0.25, -0.2) is 9.37 Å². The molecule has 0 spiro atoms. The van der Waals surface area contributed by atoms with Crippen molar-refractivity contribution < 1.29 is 4.39 Å². The van der Waals surface area contributed by atoms with Crippen molar-refractivity contribution in [3.05, 3.63) is 39.1 Å². The molecule has 1 aromatic heterocycles. The molecule has 3 rings (SSSR count). The van der Waals surface area contributed by atoms with Crippen LogP contribution in [0.2, 0.25) is 0 Å². The van der Waals surface area contributed by atoms with Gasteiger partial charge in [-0.1, -0.05) is 22.9 Å². The van der Waals surface area contributed by atoms with Crippen LogP contribution in [0.1, 0.15) is 36.3 Å². The molecular formula is C16H18BrFN2S. The number of nitrogens with one attached hydrogen (secondary N) is 1. The highest BCUT2D eigenvalue weighted by Gasteiger charge is 2.24. The van der Waals surface area contributed by atoms with Crippen molar-refractivity contribution in [1.82, 2.24) is 10.3 Å². The summed E-state index contributed by atoms with van der Waals surface area (Å²) in [5.41, 5.74) is 2.09. The smallest absolute Gasteiger partial charge is 0.125 e. The number of aryl methyl sites for hydroxylation is 1. The molecule has 1 N–H and O–H groups in total. The van der Waals surface area contributed by atoms with E-state index in [9.17, 15) is 4.39 Å². The van der Waals surface area contributed by atoms with Crippen molar-refractivity contribution in [1.29, 1.82) is 0 Å². The van der Waals surface area contributed by atoms with Crippen molar-refractivity contribution in [2.75, 3.05) is 13.1 Å². The lowest BCUT2D eigenvalue weighted by Crippen LogP contribution is -2.23. The predicted molar refractivity (Wildman–Crippen MR) is 89.4 cm³/mol. The number of halogens is 2. The Morgan fingerprint density at radius 3 is 3.05 bits per heavy atom. The fourth-order valence-electron chi connectivity index (χ4n) is 2.83. The van der Waals surface area contributed by atoms with E-state index in [4.69, 9.17) is 4.98 Å². The third-order valence-electron chi connectivity index (χ3n) is 3.82. The Labute approximate surface area is 136 Å². The van der Waals surface area contributed by atoms with E-state index in [1.807, 2.05) is 6.07 Å². The first kappa shape index (κ1) is 15.1. The van der Waals surface area contributed by atoms with Crippen LogP contribution < -0.4 is 5.32 Å². The van der Waals surface area contributed by atoms with E-state index in [-0.39, 0.29) is 5.82 Å². The van der Waals surface area contributed by atoms with Gasteiger partial charge in [0.05, 0.1) is 5.69 Å². The highest BCUT2D eigenvalue weighted by molar-refractivity contribution is 9.10. The van der Waals surface area contributed by atoms with Gasteiger partial charge in [-0.05, 0) is 44.0 Å². The Balaban J connectivity index is 1.93. The van der Waals surface area contributed by atoms with E-state index >= 15 is 0 Å². The van der Waals surface area contributed by atoms with E-state index in [2.05, 4.69) is 28.2 Å². The van der Waals surface area contributed by atoms with Gasteiger partial charge in [0.1, 0.15) is 10.8 Å². The quantitative estimate of drug-likeness (QED) is 0.842. The second-order valence-corrected chi connectivity index (χ2v) is 7.38. The molecule has 0 aliphatic heterocycles. The van der Waals surface area contributed by atoms with Crippen LogP contribution in [0, 0.1) is 5.82 Å². The molecule has 5 heteroatoms. The monoisotopic (exact) mass is 368 g/mol. The molecule has 0 amide bonds. The molecule has 21 heavy (non-hydrogen) atoms. The number of benzene rings is 1. The fraction of sp³-hybridized carbons (Fsp3) is 0.438. The lowest BCUT2D eigenvalue weighted by atomic mass is 9.91. The molecule has 1 atom stereocenters. The van der Waals surface area contributed by atoms with Crippen LogP contribution in [0.15, 0.2) is 22.7 Å². The van der Waals surface area contributed by atoms with E-state index < -0.39 is 0 Å². The van der Waals surface area contributed by atoms with Gasteiger partial charge in [-0.3, -0.25) is 0 Å². The lowest BCUT2D eigenvalue weighted by Gasteiger charge is -2.21. The second kappa shape index (κ2) is 6.55. The summed E-state index contributed by atoms with van der Waals surface area (Å²) in [6, 6.07) is 4.98. The molecule has 0 saturated carbocycles. The van der Waals surface area contributed by atoms with Crippen molar-refractivity contribution >= 4 is 27.3 Å². The number of thiazole rings is 1. The summed E-state index contributed by atoms with van der Waals surface area (Å²) in [6.45, 7) is 4.10. The van der Waals surface area contributed by atoms with Crippen LogP contribution in [0.4, 0.5) is 4.39 Å². The molecule has 1 heterocycles. The van der Waals surface area contributed by atoms with E-state index in [1.54, 1.807) is 17.4 Å². The van der Waals surface area contributed by atoms with Crippen molar-refractivity contribution in [3.63, 3.8) is 0 Å². The Morgan fingerprint density at radius 1 is 1.43 bits per heavy atom. The van der Waals surface area contributed by atoms with E-state index in [0.29, 0.717) is 5.92 Å². The summed E-state index contributed by atoms with van der Waals surface area (Å²) >= 11 is 5.07. The zero-order valence-electron chi connectivity index (χ0n) is 12.0. The Bertz CT molecular complexity index is 621. The highest BCUT2D eigenvalue weighted by atomic mass is 79.9. The molecule has 1 aliphatic rings. The number of hydrogen-bond acceptors (Lipinski definition) is 3. The molecule has 112 valence electrons. The van der Waals surface area contributed by atoms with Crippen molar-refractivity contribution in [2.24, 2.45) is 0 Å². The number of fused-ring (bicyclic) bond motifs is 1. The summed E-state index contributed by atoms with van der Waals surface area (Å²) in [5.74, 6) is 0.271. The second-order valence-electron chi connectivity index (χ2n) is 5.38. The summed E-state index contributed by atoms with van der Waals surface area (Å²) in [7, 11) is 0. The first-order valence-electron chi connectivity index (χ1n) is 7.34. The number of hydrogen-bond donors (Lipinski definition) is 1. The van der Waals surface area contributed by atoms with Crippen LogP contribution in [0.3, 0.4) is 0 Å². The molecule has 2 aromatic rings. The van der Waals surface area contributed by atoms with Crippen LogP contribution in [0.25, 0.3) is 10.6 Å². The van der Waals surface area contributed by atoms with Gasteiger partial charge in [-0.2, -0.15) is 0 Å². The number of rotatable bonds is 4. The standard InChI is InChI=1S/C16H18BrFN2S/c1-2-19-9-10-4-3-5-14-15(10)20-16(21-14)11-6-12(17)8-13(18)7-11/h6-8,10,19H,2-5,9H2,1H3. The highest BCUT2D eigenvalue weighted by Crippen LogP contribution is 2.38. The SMILES string of the molecule is CCNCC1CCCc2sc(-c3cc(F)cc(Br)c3)nc21. The summed E-state index contributed by atoms with van der Waals surface area (Å²) < 4.78 is 14.3. The minimum atomic E-state index is -0.225. The largest absolute Gasteiger partial charge is 0.316 e. The molecule has 1 aliphatic carbocycles. The minimum Gasteiger partial charge on any atom is -0.316 e. The minimum absolute atomic E-state index is 0.225. The van der Waals surface area contributed by atoms with E-state index in [1.165, 1.54) is 29.5 Å². The average molecular weight is 369 g/mol. The molecule has 2 nitrogen and oxygen atoms in total. The van der Waals surface area contributed by atoms with Crippen LogP contribution >= 0.6 is 27.3 Å². The molecule has 1 aromatic carbocycles. The maximum Gasteiger partial charge on any atom is 0.125 e. The Hall–Kier alpha value is -0.780. The molecule has 0 bridgehead atoms. The zero-order chi connectivity index (χ0) is 14.8.